The fourth-order valence-corrected chi connectivity index (χ4v) is 1.65. The molecule has 0 aliphatic carbocycles. The van der Waals surface area contributed by atoms with Gasteiger partial charge in [0.1, 0.15) is 0 Å². The van der Waals surface area contributed by atoms with Crippen molar-refractivity contribution in [3.63, 3.8) is 0 Å². The van der Waals surface area contributed by atoms with Gasteiger partial charge >= 0.3 is 5.97 Å². The van der Waals surface area contributed by atoms with Crippen molar-refractivity contribution in [3.8, 4) is 0 Å². The van der Waals surface area contributed by atoms with Gasteiger partial charge in [-0.2, -0.15) is 0 Å². The van der Waals surface area contributed by atoms with Gasteiger partial charge in [-0.05, 0) is 12.8 Å². The average molecular weight is 182 g/mol. The summed E-state index contributed by atoms with van der Waals surface area (Å²) in [5.41, 5.74) is 0.614. The van der Waals surface area contributed by atoms with E-state index in [-0.39, 0.29) is 5.82 Å². The number of fused-ring (bicyclic) bond motifs is 1. The zero-order valence-electron chi connectivity index (χ0n) is 6.97. The molecule has 0 fully saturated rings. The Kier molecular flexibility index (Phi) is 1.81. The monoisotopic (exact) mass is 182 g/mol. The Balaban J connectivity index is 2.47. The molecule has 0 aromatic carbocycles. The highest BCUT2D eigenvalue weighted by Gasteiger charge is 2.23. The van der Waals surface area contributed by atoms with Crippen LogP contribution in [-0.4, -0.2) is 25.7 Å². The maximum atomic E-state index is 10.7. The molecule has 0 spiro atoms. The Labute approximate surface area is 74.6 Å². The van der Waals surface area contributed by atoms with Crippen LogP contribution in [0, 0.1) is 0 Å². The zero-order valence-corrected chi connectivity index (χ0v) is 6.97. The van der Waals surface area contributed by atoms with Gasteiger partial charge in [0.2, 0.25) is 5.82 Å². The first kappa shape index (κ1) is 8.25. The first-order chi connectivity index (χ1) is 6.20. The number of rotatable bonds is 1. The molecule has 1 aromatic rings. The Morgan fingerprint density at radius 3 is 3.15 bits per heavy atom. The van der Waals surface area contributed by atoms with Crippen LogP contribution in [0.1, 0.15) is 35.3 Å². The van der Waals surface area contributed by atoms with Gasteiger partial charge in [0.25, 0.3) is 0 Å². The van der Waals surface area contributed by atoms with Crippen LogP contribution in [0.2, 0.25) is 0 Å². The number of carbonyl (C=O) groups is 1. The van der Waals surface area contributed by atoms with E-state index in [1.807, 2.05) is 0 Å². The molecule has 13 heavy (non-hydrogen) atoms. The standard InChI is InChI=1S/C8H10N2O3/c11-6-2-1-3-10-5(6)4-9-7(10)8(12)13/h4,6,11H,1-3H2,(H,12,13). The largest absolute Gasteiger partial charge is 0.475 e. The number of hydrogen-bond acceptors (Lipinski definition) is 3. The molecular weight excluding hydrogens is 172 g/mol. The average Bonchev–Trinajstić information content (AvgIpc) is 2.48. The van der Waals surface area contributed by atoms with E-state index in [9.17, 15) is 9.90 Å². The van der Waals surface area contributed by atoms with E-state index in [1.54, 1.807) is 4.57 Å². The van der Waals surface area contributed by atoms with Crippen LogP contribution in [0.15, 0.2) is 6.20 Å². The number of nitrogens with zero attached hydrogens (tertiary/aromatic N) is 2. The molecule has 0 bridgehead atoms. The number of aliphatic hydroxyl groups is 1. The third kappa shape index (κ3) is 1.21. The highest BCUT2D eigenvalue weighted by atomic mass is 16.4. The van der Waals surface area contributed by atoms with Gasteiger partial charge < -0.3 is 14.8 Å². The molecule has 5 nitrogen and oxygen atoms in total. The second-order valence-electron chi connectivity index (χ2n) is 3.12. The van der Waals surface area contributed by atoms with Gasteiger partial charge in [0.15, 0.2) is 0 Å². The lowest BCUT2D eigenvalue weighted by Gasteiger charge is -2.20. The molecule has 5 heteroatoms. The van der Waals surface area contributed by atoms with Crippen molar-refractivity contribution in [3.05, 3.63) is 17.7 Å². The van der Waals surface area contributed by atoms with Gasteiger partial charge in [-0.15, -0.1) is 0 Å². The van der Waals surface area contributed by atoms with Crippen LogP contribution in [0.4, 0.5) is 0 Å². The van der Waals surface area contributed by atoms with Gasteiger partial charge in [-0.1, -0.05) is 0 Å². The summed E-state index contributed by atoms with van der Waals surface area (Å²) in [7, 11) is 0. The van der Waals surface area contributed by atoms with Crippen molar-refractivity contribution in [1.82, 2.24) is 9.55 Å². The molecule has 1 unspecified atom stereocenters. The van der Waals surface area contributed by atoms with Crippen LogP contribution < -0.4 is 0 Å². The molecule has 0 saturated carbocycles. The van der Waals surface area contributed by atoms with E-state index in [2.05, 4.69) is 4.98 Å². The molecule has 2 N–H and O–H groups in total. The van der Waals surface area contributed by atoms with Gasteiger partial charge in [0.05, 0.1) is 18.0 Å². The third-order valence-corrected chi connectivity index (χ3v) is 2.28. The summed E-state index contributed by atoms with van der Waals surface area (Å²) in [6, 6.07) is 0. The van der Waals surface area contributed by atoms with Crippen molar-refractivity contribution in [2.45, 2.75) is 25.5 Å². The van der Waals surface area contributed by atoms with Crippen LogP contribution in [-0.2, 0) is 6.54 Å². The number of imidazole rings is 1. The smallest absolute Gasteiger partial charge is 0.372 e. The summed E-state index contributed by atoms with van der Waals surface area (Å²) in [6.45, 7) is 0.633. The van der Waals surface area contributed by atoms with Crippen LogP contribution >= 0.6 is 0 Å². The van der Waals surface area contributed by atoms with E-state index < -0.39 is 12.1 Å². The van der Waals surface area contributed by atoms with Crippen molar-refractivity contribution in [1.29, 1.82) is 0 Å². The molecule has 1 aliphatic heterocycles. The van der Waals surface area contributed by atoms with Gasteiger partial charge in [-0.25, -0.2) is 9.78 Å². The van der Waals surface area contributed by atoms with E-state index in [0.717, 1.165) is 6.42 Å². The molecule has 70 valence electrons. The highest BCUT2D eigenvalue weighted by molar-refractivity contribution is 5.83. The third-order valence-electron chi connectivity index (χ3n) is 2.28. The second-order valence-corrected chi connectivity index (χ2v) is 3.12. The summed E-state index contributed by atoms with van der Waals surface area (Å²) in [6.07, 6.45) is 2.36. The van der Waals surface area contributed by atoms with E-state index in [4.69, 9.17) is 5.11 Å². The molecule has 1 aromatic heterocycles. The lowest BCUT2D eigenvalue weighted by Crippen LogP contribution is -2.18. The van der Waals surface area contributed by atoms with Crippen LogP contribution in [0.3, 0.4) is 0 Å². The summed E-state index contributed by atoms with van der Waals surface area (Å²) in [5, 5.41) is 18.3. The number of aromatic nitrogens is 2. The number of carboxylic acids is 1. The molecule has 1 aliphatic rings. The normalized spacial score (nSPS) is 21.2. The highest BCUT2D eigenvalue weighted by Crippen LogP contribution is 2.25. The second kappa shape index (κ2) is 2.85. The number of hydrogen-bond donors (Lipinski definition) is 2. The maximum Gasteiger partial charge on any atom is 0.372 e. The molecule has 0 radical (unpaired) electrons. The Morgan fingerprint density at radius 1 is 1.69 bits per heavy atom. The molecule has 1 atom stereocenters. The minimum atomic E-state index is -1.04. The Hall–Kier alpha value is -1.36. The topological polar surface area (TPSA) is 75.3 Å². The Morgan fingerprint density at radius 2 is 2.46 bits per heavy atom. The van der Waals surface area contributed by atoms with Crippen molar-refractivity contribution < 1.29 is 15.0 Å². The molecular formula is C8H10N2O3. The predicted molar refractivity (Wildman–Crippen MR) is 43.4 cm³/mol. The molecule has 0 saturated heterocycles. The first-order valence-electron chi connectivity index (χ1n) is 4.17. The SMILES string of the molecule is O=C(O)c1ncc2n1CCCC2O. The van der Waals surface area contributed by atoms with Crippen LogP contribution in [0.5, 0.6) is 0 Å². The van der Waals surface area contributed by atoms with Crippen molar-refractivity contribution in [2.24, 2.45) is 0 Å². The zero-order chi connectivity index (χ0) is 9.42. The van der Waals surface area contributed by atoms with Gasteiger partial charge in [-0.3, -0.25) is 0 Å². The Bertz CT molecular complexity index is 345. The van der Waals surface area contributed by atoms with E-state index in [1.165, 1.54) is 6.20 Å². The number of carboxylic acid groups (broad SMARTS) is 1. The quantitative estimate of drug-likeness (QED) is 0.659. The first-order valence-corrected chi connectivity index (χ1v) is 4.17. The summed E-state index contributed by atoms with van der Waals surface area (Å²) < 4.78 is 1.57. The predicted octanol–water partition coefficient (Wildman–Crippen LogP) is 0.408. The lowest BCUT2D eigenvalue weighted by atomic mass is 10.1. The maximum absolute atomic E-state index is 10.7. The fraction of sp³-hybridized carbons (Fsp3) is 0.500. The summed E-state index contributed by atoms with van der Waals surface area (Å²) >= 11 is 0. The molecule has 2 heterocycles. The summed E-state index contributed by atoms with van der Waals surface area (Å²) in [5.74, 6) is -1.02. The minimum Gasteiger partial charge on any atom is -0.475 e. The summed E-state index contributed by atoms with van der Waals surface area (Å²) in [4.78, 5) is 14.4. The van der Waals surface area contributed by atoms with Crippen LogP contribution in [0.25, 0.3) is 0 Å². The number of aliphatic hydroxyl groups excluding tert-OH is 1. The number of aromatic carboxylic acids is 1. The van der Waals surface area contributed by atoms with Gasteiger partial charge in [0, 0.05) is 6.54 Å². The lowest BCUT2D eigenvalue weighted by molar-refractivity contribution is 0.0672. The fourth-order valence-electron chi connectivity index (χ4n) is 1.65. The van der Waals surface area contributed by atoms with Crippen molar-refractivity contribution in [2.75, 3.05) is 0 Å². The minimum absolute atomic E-state index is 0.0220. The van der Waals surface area contributed by atoms with E-state index >= 15 is 0 Å². The molecule has 0 amide bonds. The van der Waals surface area contributed by atoms with E-state index in [0.29, 0.717) is 18.7 Å². The van der Waals surface area contributed by atoms with Crippen molar-refractivity contribution >= 4 is 5.97 Å². The molecule has 2 rings (SSSR count).